The lowest BCUT2D eigenvalue weighted by Gasteiger charge is -2.40. The van der Waals surface area contributed by atoms with Crippen LogP contribution in [0.3, 0.4) is 0 Å². The maximum atomic E-state index is 10.3. The molecule has 0 aromatic rings. The van der Waals surface area contributed by atoms with E-state index < -0.39 is 42.4 Å². The lowest BCUT2D eigenvalue weighted by atomic mass is 9.96. The fourth-order valence-electron chi connectivity index (χ4n) is 1.73. The SMILES string of the molecule is C=C(O)C1O[C@@H](OCCCC(=O)O)C(N)C(O)[C@H]1O. The van der Waals surface area contributed by atoms with E-state index in [1.54, 1.807) is 0 Å². The Morgan fingerprint density at radius 1 is 1.32 bits per heavy atom. The monoisotopic (exact) mass is 277 g/mol. The molecule has 6 N–H and O–H groups in total. The molecular formula is C11H19NO7. The Hall–Kier alpha value is -1.19. The molecule has 19 heavy (non-hydrogen) atoms. The van der Waals surface area contributed by atoms with Crippen molar-refractivity contribution in [3.05, 3.63) is 12.3 Å². The highest BCUT2D eigenvalue weighted by Gasteiger charge is 2.44. The molecule has 5 atom stereocenters. The largest absolute Gasteiger partial charge is 0.510 e. The van der Waals surface area contributed by atoms with Crippen LogP contribution in [0.1, 0.15) is 12.8 Å². The number of carboxylic acids is 1. The van der Waals surface area contributed by atoms with Crippen molar-refractivity contribution >= 4 is 5.97 Å². The molecule has 1 aliphatic heterocycles. The molecule has 0 radical (unpaired) electrons. The second-order valence-electron chi connectivity index (χ2n) is 4.34. The molecule has 1 saturated heterocycles. The summed E-state index contributed by atoms with van der Waals surface area (Å²) >= 11 is 0. The van der Waals surface area contributed by atoms with Crippen molar-refractivity contribution in [1.82, 2.24) is 0 Å². The molecule has 0 saturated carbocycles. The quantitative estimate of drug-likeness (QED) is 0.298. The molecular weight excluding hydrogens is 258 g/mol. The number of hydrogen-bond acceptors (Lipinski definition) is 7. The Kier molecular flexibility index (Phi) is 5.70. The van der Waals surface area contributed by atoms with Crippen molar-refractivity contribution in [3.63, 3.8) is 0 Å². The first-order valence-electron chi connectivity index (χ1n) is 5.83. The van der Waals surface area contributed by atoms with Gasteiger partial charge in [-0.15, -0.1) is 0 Å². The number of rotatable bonds is 6. The molecule has 1 heterocycles. The third-order valence-corrected chi connectivity index (χ3v) is 2.79. The number of aliphatic carboxylic acids is 1. The normalized spacial score (nSPS) is 35.0. The zero-order chi connectivity index (χ0) is 14.6. The van der Waals surface area contributed by atoms with Crippen LogP contribution in [0.15, 0.2) is 12.3 Å². The van der Waals surface area contributed by atoms with E-state index in [0.29, 0.717) is 0 Å². The summed E-state index contributed by atoms with van der Waals surface area (Å²) in [6.07, 6.45) is -4.80. The Morgan fingerprint density at radius 2 is 1.95 bits per heavy atom. The van der Waals surface area contributed by atoms with Gasteiger partial charge in [0, 0.05) is 6.42 Å². The van der Waals surface area contributed by atoms with Gasteiger partial charge in [-0.05, 0) is 6.42 Å². The molecule has 110 valence electrons. The van der Waals surface area contributed by atoms with Crippen LogP contribution in [-0.4, -0.2) is 63.6 Å². The van der Waals surface area contributed by atoms with Gasteiger partial charge < -0.3 is 35.6 Å². The minimum Gasteiger partial charge on any atom is -0.510 e. The summed E-state index contributed by atoms with van der Waals surface area (Å²) in [6, 6.07) is -1.00. The number of carboxylic acid groups (broad SMARTS) is 1. The highest BCUT2D eigenvalue weighted by Crippen LogP contribution is 2.24. The maximum absolute atomic E-state index is 10.3. The smallest absolute Gasteiger partial charge is 0.303 e. The molecule has 3 unspecified atom stereocenters. The van der Waals surface area contributed by atoms with E-state index in [1.165, 1.54) is 0 Å². The van der Waals surface area contributed by atoms with Crippen molar-refractivity contribution in [2.24, 2.45) is 5.73 Å². The average molecular weight is 277 g/mol. The van der Waals surface area contributed by atoms with Gasteiger partial charge in [0.05, 0.1) is 12.6 Å². The van der Waals surface area contributed by atoms with Gasteiger partial charge in [-0.2, -0.15) is 0 Å². The van der Waals surface area contributed by atoms with Crippen LogP contribution >= 0.6 is 0 Å². The van der Waals surface area contributed by atoms with E-state index in [2.05, 4.69) is 6.58 Å². The summed E-state index contributed by atoms with van der Waals surface area (Å²) in [4.78, 5) is 10.3. The van der Waals surface area contributed by atoms with Gasteiger partial charge >= 0.3 is 5.97 Å². The van der Waals surface area contributed by atoms with Gasteiger partial charge in [0.25, 0.3) is 0 Å². The number of ether oxygens (including phenoxy) is 2. The highest BCUT2D eigenvalue weighted by atomic mass is 16.7. The minimum atomic E-state index is -1.40. The van der Waals surface area contributed by atoms with E-state index in [-0.39, 0.29) is 19.4 Å². The number of carbonyl (C=O) groups is 1. The van der Waals surface area contributed by atoms with Crippen molar-refractivity contribution in [2.75, 3.05) is 6.61 Å². The fraction of sp³-hybridized carbons (Fsp3) is 0.727. The Balaban J connectivity index is 2.52. The Morgan fingerprint density at radius 3 is 2.47 bits per heavy atom. The molecule has 0 aliphatic carbocycles. The lowest BCUT2D eigenvalue weighted by Crippen LogP contribution is -2.62. The van der Waals surface area contributed by atoms with Gasteiger partial charge in [0.2, 0.25) is 0 Å². The molecule has 8 nitrogen and oxygen atoms in total. The third-order valence-electron chi connectivity index (χ3n) is 2.79. The maximum Gasteiger partial charge on any atom is 0.303 e. The second-order valence-corrected chi connectivity index (χ2v) is 4.34. The predicted octanol–water partition coefficient (Wildman–Crippen LogP) is -1.29. The van der Waals surface area contributed by atoms with Crippen LogP contribution in [-0.2, 0) is 14.3 Å². The van der Waals surface area contributed by atoms with E-state index in [9.17, 15) is 20.1 Å². The molecule has 0 spiro atoms. The van der Waals surface area contributed by atoms with Crippen LogP contribution < -0.4 is 5.73 Å². The van der Waals surface area contributed by atoms with Gasteiger partial charge in [-0.1, -0.05) is 6.58 Å². The van der Waals surface area contributed by atoms with E-state index in [0.717, 1.165) is 0 Å². The summed E-state index contributed by atoms with van der Waals surface area (Å²) in [6.45, 7) is 3.30. The van der Waals surface area contributed by atoms with Crippen molar-refractivity contribution < 1.29 is 34.7 Å². The lowest BCUT2D eigenvalue weighted by molar-refractivity contribution is -0.256. The first-order valence-corrected chi connectivity index (χ1v) is 5.83. The number of hydrogen-bond donors (Lipinski definition) is 5. The van der Waals surface area contributed by atoms with E-state index >= 15 is 0 Å². The highest BCUT2D eigenvalue weighted by molar-refractivity contribution is 5.66. The first kappa shape index (κ1) is 15.9. The van der Waals surface area contributed by atoms with Gasteiger partial charge in [-0.3, -0.25) is 4.79 Å². The second kappa shape index (κ2) is 6.83. The van der Waals surface area contributed by atoms with E-state index in [1.807, 2.05) is 0 Å². The zero-order valence-electron chi connectivity index (χ0n) is 10.3. The zero-order valence-corrected chi connectivity index (χ0v) is 10.3. The minimum absolute atomic E-state index is 0.0662. The van der Waals surface area contributed by atoms with Crippen LogP contribution in [0.2, 0.25) is 0 Å². The molecule has 1 rings (SSSR count). The summed E-state index contributed by atoms with van der Waals surface area (Å²) in [5.74, 6) is -1.40. The van der Waals surface area contributed by atoms with Gasteiger partial charge in [-0.25, -0.2) is 0 Å². The summed E-state index contributed by atoms with van der Waals surface area (Å²) in [5, 5.41) is 37.0. The predicted molar refractivity (Wildman–Crippen MR) is 63.2 cm³/mol. The number of aliphatic hydroxyl groups is 3. The van der Waals surface area contributed by atoms with Gasteiger partial charge in [0.1, 0.15) is 24.1 Å². The standard InChI is InChI=1S/C11H19NO7/c1-5(13)10-9(17)8(16)7(12)11(19-10)18-4-2-3-6(14)15/h7-11,13,16-17H,1-4,12H2,(H,14,15)/t7?,8?,9-,10?,11-/m1/s1. The summed E-state index contributed by atoms with van der Waals surface area (Å²) in [5.41, 5.74) is 5.63. The topological polar surface area (TPSA) is 142 Å². The summed E-state index contributed by atoms with van der Waals surface area (Å²) in [7, 11) is 0. The fourth-order valence-corrected chi connectivity index (χ4v) is 1.73. The van der Waals surface area contributed by atoms with Crippen molar-refractivity contribution in [3.8, 4) is 0 Å². The van der Waals surface area contributed by atoms with Crippen molar-refractivity contribution in [2.45, 2.75) is 43.5 Å². The number of nitrogens with two attached hydrogens (primary N) is 1. The third kappa shape index (κ3) is 4.15. The van der Waals surface area contributed by atoms with Crippen molar-refractivity contribution in [1.29, 1.82) is 0 Å². The van der Waals surface area contributed by atoms with Gasteiger partial charge in [0.15, 0.2) is 6.29 Å². The molecule has 8 heteroatoms. The summed E-state index contributed by atoms with van der Waals surface area (Å²) < 4.78 is 10.4. The van der Waals surface area contributed by atoms with Crippen LogP contribution in [0, 0.1) is 0 Å². The molecule has 0 aromatic heterocycles. The Bertz CT molecular complexity index is 335. The number of aliphatic hydroxyl groups excluding tert-OH is 3. The van der Waals surface area contributed by atoms with Crippen LogP contribution in [0.4, 0.5) is 0 Å². The molecule has 1 aliphatic rings. The first-order chi connectivity index (χ1) is 8.84. The molecule has 0 bridgehead atoms. The average Bonchev–Trinajstić information content (AvgIpc) is 2.33. The Labute approximate surface area is 110 Å². The van der Waals surface area contributed by atoms with Crippen LogP contribution in [0.25, 0.3) is 0 Å². The molecule has 0 aromatic carbocycles. The molecule has 0 amide bonds. The molecule has 1 fully saturated rings. The van der Waals surface area contributed by atoms with E-state index in [4.69, 9.17) is 20.3 Å². The van der Waals surface area contributed by atoms with Crippen LogP contribution in [0.5, 0.6) is 0 Å².